The lowest BCUT2D eigenvalue weighted by Crippen LogP contribution is -2.59. The highest BCUT2D eigenvalue weighted by atomic mass is 19.1. The summed E-state index contributed by atoms with van der Waals surface area (Å²) in [5, 5.41) is 19.8. The number of benzene rings is 2. The van der Waals surface area contributed by atoms with E-state index in [9.17, 15) is 14.6 Å². The zero-order chi connectivity index (χ0) is 17.3. The van der Waals surface area contributed by atoms with Gasteiger partial charge >= 0.3 is 0 Å². The normalized spacial score (nSPS) is 24.0. The third-order valence-electron chi connectivity index (χ3n) is 5.68. The molecule has 0 saturated heterocycles. The molecule has 1 heterocycles. The second-order valence-corrected chi connectivity index (χ2v) is 7.10. The second kappa shape index (κ2) is 4.65. The molecular formula is C19H17FN2O3. The van der Waals surface area contributed by atoms with Crippen LogP contribution in [0.15, 0.2) is 30.3 Å². The van der Waals surface area contributed by atoms with Crippen LogP contribution >= 0.6 is 0 Å². The summed E-state index contributed by atoms with van der Waals surface area (Å²) in [6.45, 7) is 0. The molecule has 0 aliphatic heterocycles. The minimum atomic E-state index is -0.888. The van der Waals surface area contributed by atoms with Gasteiger partial charge in [-0.2, -0.15) is 0 Å². The zero-order valence-electron chi connectivity index (χ0n) is 13.7. The van der Waals surface area contributed by atoms with Crippen LogP contribution in [-0.4, -0.2) is 26.9 Å². The van der Waals surface area contributed by atoms with Crippen molar-refractivity contribution in [2.45, 2.75) is 24.8 Å². The topological polar surface area (TPSA) is 67.5 Å². The molecule has 0 spiro atoms. The van der Waals surface area contributed by atoms with Crippen LogP contribution in [0.1, 0.15) is 19.3 Å². The largest absolute Gasteiger partial charge is 0.502 e. The number of methoxy groups -OCH3 is 1. The number of hydrogen-bond acceptors (Lipinski definition) is 4. The molecule has 2 aromatic carbocycles. The van der Waals surface area contributed by atoms with Crippen LogP contribution in [0.5, 0.6) is 17.2 Å². The third kappa shape index (κ3) is 1.74. The molecule has 2 N–H and O–H groups in total. The Bertz CT molecular complexity index is 1010. The summed E-state index contributed by atoms with van der Waals surface area (Å²) >= 11 is 0. The van der Waals surface area contributed by atoms with Crippen molar-refractivity contribution >= 4 is 11.0 Å². The Morgan fingerprint density at radius 1 is 1.20 bits per heavy atom. The van der Waals surface area contributed by atoms with E-state index in [4.69, 9.17) is 4.74 Å². The number of phenols is 2. The Hall–Kier alpha value is -2.76. The van der Waals surface area contributed by atoms with Gasteiger partial charge in [-0.3, -0.25) is 0 Å². The summed E-state index contributed by atoms with van der Waals surface area (Å²) in [6.07, 6.45) is 3.22. The van der Waals surface area contributed by atoms with Crippen molar-refractivity contribution in [1.82, 2.24) is 9.55 Å². The van der Waals surface area contributed by atoms with E-state index in [-0.39, 0.29) is 16.9 Å². The average Bonchev–Trinajstić information content (AvgIpc) is 2.90. The monoisotopic (exact) mass is 340 g/mol. The van der Waals surface area contributed by atoms with Gasteiger partial charge < -0.3 is 19.5 Å². The van der Waals surface area contributed by atoms with E-state index in [0.29, 0.717) is 5.82 Å². The average molecular weight is 340 g/mol. The number of imidazole rings is 1. The predicted molar refractivity (Wildman–Crippen MR) is 90.3 cm³/mol. The Labute approximate surface area is 143 Å². The molecule has 3 fully saturated rings. The van der Waals surface area contributed by atoms with E-state index in [2.05, 4.69) is 9.55 Å². The van der Waals surface area contributed by atoms with Crippen molar-refractivity contribution in [3.05, 3.63) is 36.1 Å². The molecule has 3 aliphatic rings. The minimum Gasteiger partial charge on any atom is -0.502 e. The molecule has 1 aromatic heterocycles. The lowest BCUT2D eigenvalue weighted by molar-refractivity contribution is -0.0846. The number of halogens is 1. The quantitative estimate of drug-likeness (QED) is 0.712. The highest BCUT2D eigenvalue weighted by Crippen LogP contribution is 2.64. The molecule has 3 aromatic rings. The lowest BCUT2D eigenvalue weighted by Gasteiger charge is -2.62. The van der Waals surface area contributed by atoms with Crippen molar-refractivity contribution < 1.29 is 19.3 Å². The summed E-state index contributed by atoms with van der Waals surface area (Å²) in [6, 6.07) is 9.13. The van der Waals surface area contributed by atoms with Gasteiger partial charge in [0.2, 0.25) is 5.75 Å². The fourth-order valence-electron chi connectivity index (χ4n) is 4.32. The molecule has 2 bridgehead atoms. The van der Waals surface area contributed by atoms with E-state index in [1.807, 2.05) is 24.3 Å². The molecule has 5 nitrogen and oxygen atoms in total. The molecule has 3 aliphatic carbocycles. The van der Waals surface area contributed by atoms with Crippen LogP contribution in [0.3, 0.4) is 0 Å². The van der Waals surface area contributed by atoms with E-state index in [1.165, 1.54) is 13.2 Å². The van der Waals surface area contributed by atoms with Crippen LogP contribution in [0.25, 0.3) is 22.4 Å². The summed E-state index contributed by atoms with van der Waals surface area (Å²) in [5.41, 5.74) is 1.87. The van der Waals surface area contributed by atoms with Crippen molar-refractivity contribution in [3.8, 4) is 28.6 Å². The highest BCUT2D eigenvalue weighted by molar-refractivity contribution is 5.82. The number of nitrogens with zero attached hydrogens (tertiary/aromatic N) is 2. The molecule has 6 rings (SSSR count). The van der Waals surface area contributed by atoms with Gasteiger partial charge in [-0.1, -0.05) is 12.1 Å². The van der Waals surface area contributed by atoms with E-state index < -0.39 is 17.3 Å². The first-order valence-electron chi connectivity index (χ1n) is 8.31. The Balaban J connectivity index is 1.82. The van der Waals surface area contributed by atoms with Gasteiger partial charge in [-0.25, -0.2) is 9.37 Å². The molecule has 0 unspecified atom stereocenters. The number of aromatic nitrogens is 2. The summed E-state index contributed by atoms with van der Waals surface area (Å²) in [7, 11) is 1.36. The van der Waals surface area contributed by atoms with Crippen LogP contribution in [0.2, 0.25) is 0 Å². The lowest BCUT2D eigenvalue weighted by atomic mass is 9.49. The first kappa shape index (κ1) is 14.6. The predicted octanol–water partition coefficient (Wildman–Crippen LogP) is 3.77. The molecule has 3 saturated carbocycles. The Morgan fingerprint density at radius 3 is 2.56 bits per heavy atom. The van der Waals surface area contributed by atoms with Gasteiger partial charge in [0, 0.05) is 5.54 Å². The first-order valence-corrected chi connectivity index (χ1v) is 8.31. The van der Waals surface area contributed by atoms with Crippen molar-refractivity contribution in [3.63, 3.8) is 0 Å². The number of fused-ring (bicyclic) bond motifs is 1. The van der Waals surface area contributed by atoms with E-state index in [1.54, 1.807) is 0 Å². The smallest absolute Gasteiger partial charge is 0.203 e. The third-order valence-corrected chi connectivity index (χ3v) is 5.68. The standard InChI is InChI=1S/C19H17FN2O3/c1-25-14-6-11(15(20)17(24)16(14)23)18-21-12-4-2-3-5-13(12)22(18)19-7-10(8-19)9-19/h2-6,10,23-24H,7-9H2,1H3. The van der Waals surface area contributed by atoms with Crippen LogP contribution in [0.4, 0.5) is 4.39 Å². The van der Waals surface area contributed by atoms with E-state index in [0.717, 1.165) is 36.2 Å². The van der Waals surface area contributed by atoms with Crippen LogP contribution in [-0.2, 0) is 5.54 Å². The molecule has 0 radical (unpaired) electrons. The highest BCUT2D eigenvalue weighted by Gasteiger charge is 2.59. The maximum atomic E-state index is 14.8. The molecule has 6 heteroatoms. The summed E-state index contributed by atoms with van der Waals surface area (Å²) in [4.78, 5) is 4.64. The van der Waals surface area contributed by atoms with Gasteiger partial charge in [-0.15, -0.1) is 0 Å². The summed E-state index contributed by atoms with van der Waals surface area (Å²) in [5.74, 6) is -1.07. The number of rotatable bonds is 3. The van der Waals surface area contributed by atoms with Crippen molar-refractivity contribution in [2.24, 2.45) is 5.92 Å². The van der Waals surface area contributed by atoms with Gasteiger partial charge in [0.15, 0.2) is 17.3 Å². The number of aromatic hydroxyl groups is 2. The minimum absolute atomic E-state index is 0.0106. The number of ether oxygens (including phenoxy) is 1. The Morgan fingerprint density at radius 2 is 1.92 bits per heavy atom. The fraction of sp³-hybridized carbons (Fsp3) is 0.316. The SMILES string of the molecule is COc1cc(-c2nc3ccccc3n2C23CC(C2)C3)c(F)c(O)c1O. The number of phenolic OH excluding ortho intramolecular Hbond substituents is 2. The molecule has 0 atom stereocenters. The number of hydrogen-bond donors (Lipinski definition) is 2. The summed E-state index contributed by atoms with van der Waals surface area (Å²) < 4.78 is 22.0. The van der Waals surface area contributed by atoms with Crippen molar-refractivity contribution in [1.29, 1.82) is 0 Å². The van der Waals surface area contributed by atoms with Crippen LogP contribution < -0.4 is 4.74 Å². The molecule has 25 heavy (non-hydrogen) atoms. The zero-order valence-corrected chi connectivity index (χ0v) is 13.7. The molecular weight excluding hydrogens is 323 g/mol. The fourth-order valence-corrected chi connectivity index (χ4v) is 4.32. The Kier molecular flexibility index (Phi) is 2.71. The van der Waals surface area contributed by atoms with Crippen molar-refractivity contribution in [2.75, 3.05) is 7.11 Å². The van der Waals surface area contributed by atoms with Gasteiger partial charge in [0.25, 0.3) is 0 Å². The molecule has 0 amide bonds. The van der Waals surface area contributed by atoms with Gasteiger partial charge in [0.1, 0.15) is 5.82 Å². The second-order valence-electron chi connectivity index (χ2n) is 7.10. The number of para-hydroxylation sites is 2. The van der Waals surface area contributed by atoms with Gasteiger partial charge in [-0.05, 0) is 43.4 Å². The molecule has 128 valence electrons. The first-order chi connectivity index (χ1) is 12.0. The van der Waals surface area contributed by atoms with Crippen LogP contribution in [0, 0.1) is 11.7 Å². The van der Waals surface area contributed by atoms with E-state index >= 15 is 0 Å². The maximum absolute atomic E-state index is 14.8. The maximum Gasteiger partial charge on any atom is 0.203 e. The van der Waals surface area contributed by atoms with Gasteiger partial charge in [0.05, 0.1) is 23.7 Å².